The number of hydrogen-bond donors (Lipinski definition) is 1. The fourth-order valence-corrected chi connectivity index (χ4v) is 3.52. The molecule has 0 spiro atoms. The van der Waals surface area contributed by atoms with Crippen molar-refractivity contribution in [2.75, 3.05) is 26.8 Å². The summed E-state index contributed by atoms with van der Waals surface area (Å²) < 4.78 is 11.0. The van der Waals surface area contributed by atoms with Gasteiger partial charge in [-0.3, -0.25) is 9.69 Å². The second kappa shape index (κ2) is 10.1. The van der Waals surface area contributed by atoms with Crippen molar-refractivity contribution < 1.29 is 14.3 Å². The van der Waals surface area contributed by atoms with Crippen molar-refractivity contribution >= 4 is 5.91 Å². The van der Waals surface area contributed by atoms with Crippen LogP contribution in [0.15, 0.2) is 42.5 Å². The minimum atomic E-state index is -0.143. The minimum Gasteiger partial charge on any atom is -0.493 e. The van der Waals surface area contributed by atoms with Gasteiger partial charge in [-0.1, -0.05) is 36.8 Å². The summed E-state index contributed by atoms with van der Waals surface area (Å²) in [6.45, 7) is 5.73. The van der Waals surface area contributed by atoms with Crippen molar-refractivity contribution in [3.8, 4) is 11.5 Å². The normalized spacial score (nSPS) is 14.5. The molecule has 1 N–H and O–H groups in total. The molecule has 1 amide bonds. The van der Waals surface area contributed by atoms with Crippen LogP contribution in [0.4, 0.5) is 0 Å². The smallest absolute Gasteiger partial charge is 0.258 e. The van der Waals surface area contributed by atoms with Crippen molar-refractivity contribution in [2.24, 2.45) is 0 Å². The van der Waals surface area contributed by atoms with E-state index in [0.717, 1.165) is 30.8 Å². The van der Waals surface area contributed by atoms with Crippen molar-refractivity contribution in [3.63, 3.8) is 0 Å². The molecule has 5 nitrogen and oxygen atoms in total. The van der Waals surface area contributed by atoms with Gasteiger partial charge in [0.05, 0.1) is 7.11 Å². The number of benzene rings is 2. The van der Waals surface area contributed by atoms with Crippen molar-refractivity contribution in [3.05, 3.63) is 59.2 Å². The van der Waals surface area contributed by atoms with Gasteiger partial charge in [0.2, 0.25) is 0 Å². The first-order valence-electron chi connectivity index (χ1n) is 9.99. The molecule has 28 heavy (non-hydrogen) atoms. The number of likely N-dealkylation sites (tertiary alicyclic amines) is 1. The molecule has 3 rings (SSSR count). The van der Waals surface area contributed by atoms with Gasteiger partial charge in [-0.2, -0.15) is 0 Å². The molecule has 1 heterocycles. The maximum Gasteiger partial charge on any atom is 0.258 e. The molecule has 1 aliphatic heterocycles. The zero-order valence-electron chi connectivity index (χ0n) is 16.9. The number of rotatable bonds is 8. The van der Waals surface area contributed by atoms with Crippen molar-refractivity contribution in [2.45, 2.75) is 39.3 Å². The summed E-state index contributed by atoms with van der Waals surface area (Å²) in [4.78, 5) is 14.8. The third-order valence-corrected chi connectivity index (χ3v) is 5.11. The Hall–Kier alpha value is -2.53. The molecular weight excluding hydrogens is 352 g/mol. The average molecular weight is 383 g/mol. The van der Waals surface area contributed by atoms with E-state index in [-0.39, 0.29) is 12.5 Å². The first kappa shape index (κ1) is 20.2. The van der Waals surface area contributed by atoms with Crippen LogP contribution in [0, 0.1) is 6.92 Å². The van der Waals surface area contributed by atoms with Gasteiger partial charge in [0.15, 0.2) is 18.1 Å². The number of nitrogens with zero attached hydrogens (tertiary/aromatic N) is 1. The molecule has 0 aliphatic carbocycles. The maximum atomic E-state index is 12.3. The van der Waals surface area contributed by atoms with Crippen LogP contribution in [0.1, 0.15) is 36.0 Å². The summed E-state index contributed by atoms with van der Waals surface area (Å²) in [5, 5.41) is 2.97. The van der Waals surface area contributed by atoms with Gasteiger partial charge in [0.1, 0.15) is 0 Å². The lowest BCUT2D eigenvalue weighted by atomic mass is 10.0. The number of piperidine rings is 1. The van der Waals surface area contributed by atoms with E-state index in [1.54, 1.807) is 7.11 Å². The van der Waals surface area contributed by atoms with Crippen LogP contribution in [-0.4, -0.2) is 37.6 Å². The second-order valence-electron chi connectivity index (χ2n) is 7.33. The van der Waals surface area contributed by atoms with E-state index in [0.29, 0.717) is 18.0 Å². The summed E-state index contributed by atoms with van der Waals surface area (Å²) in [6, 6.07) is 14.0. The monoisotopic (exact) mass is 382 g/mol. The SMILES string of the molecule is COc1cc(C)ccc1OCC(=O)NCc1ccccc1CN1CCCCC1. The van der Waals surface area contributed by atoms with Crippen LogP contribution in [0.3, 0.4) is 0 Å². The highest BCUT2D eigenvalue weighted by molar-refractivity contribution is 5.77. The van der Waals surface area contributed by atoms with Gasteiger partial charge < -0.3 is 14.8 Å². The minimum absolute atomic E-state index is 0.0340. The molecule has 0 aromatic heterocycles. The summed E-state index contributed by atoms with van der Waals surface area (Å²) in [5.74, 6) is 1.07. The number of nitrogens with one attached hydrogen (secondary N) is 1. The lowest BCUT2D eigenvalue weighted by molar-refractivity contribution is -0.123. The highest BCUT2D eigenvalue weighted by atomic mass is 16.5. The Labute approximate surface area is 167 Å². The summed E-state index contributed by atoms with van der Waals surface area (Å²) in [7, 11) is 1.60. The third kappa shape index (κ3) is 5.73. The molecule has 150 valence electrons. The number of hydrogen-bond acceptors (Lipinski definition) is 4. The summed E-state index contributed by atoms with van der Waals surface area (Å²) in [6.07, 6.45) is 3.89. The first-order chi connectivity index (χ1) is 13.7. The molecule has 5 heteroatoms. The molecule has 1 fully saturated rings. The second-order valence-corrected chi connectivity index (χ2v) is 7.33. The lowest BCUT2D eigenvalue weighted by Crippen LogP contribution is -2.31. The van der Waals surface area contributed by atoms with Gasteiger partial charge >= 0.3 is 0 Å². The van der Waals surface area contributed by atoms with E-state index in [1.165, 1.54) is 24.8 Å². The number of carbonyl (C=O) groups is 1. The van der Waals surface area contributed by atoms with Crippen LogP contribution >= 0.6 is 0 Å². The van der Waals surface area contributed by atoms with Gasteiger partial charge in [-0.25, -0.2) is 0 Å². The number of amides is 1. The van der Waals surface area contributed by atoms with Gasteiger partial charge in [-0.05, 0) is 61.7 Å². The molecule has 2 aromatic rings. The van der Waals surface area contributed by atoms with Gasteiger partial charge in [0.25, 0.3) is 5.91 Å². The van der Waals surface area contributed by atoms with Crippen LogP contribution in [-0.2, 0) is 17.9 Å². The number of methoxy groups -OCH3 is 1. The molecule has 0 bridgehead atoms. The molecule has 1 saturated heterocycles. The Morgan fingerprint density at radius 1 is 1.04 bits per heavy atom. The molecule has 0 atom stereocenters. The summed E-state index contributed by atoms with van der Waals surface area (Å²) in [5.41, 5.74) is 3.53. The quantitative estimate of drug-likeness (QED) is 0.757. The third-order valence-electron chi connectivity index (χ3n) is 5.11. The average Bonchev–Trinajstić information content (AvgIpc) is 2.73. The largest absolute Gasteiger partial charge is 0.493 e. The zero-order valence-corrected chi connectivity index (χ0v) is 16.9. The Morgan fingerprint density at radius 2 is 1.79 bits per heavy atom. The molecule has 0 saturated carbocycles. The summed E-state index contributed by atoms with van der Waals surface area (Å²) >= 11 is 0. The fourth-order valence-electron chi connectivity index (χ4n) is 3.52. The predicted molar refractivity (Wildman–Crippen MR) is 111 cm³/mol. The maximum absolute atomic E-state index is 12.3. The first-order valence-corrected chi connectivity index (χ1v) is 9.99. The highest BCUT2D eigenvalue weighted by Gasteiger charge is 2.13. The Balaban J connectivity index is 1.52. The van der Waals surface area contributed by atoms with Crippen LogP contribution in [0.25, 0.3) is 0 Å². The van der Waals surface area contributed by atoms with E-state index in [1.807, 2.05) is 31.2 Å². The number of carbonyl (C=O) groups excluding carboxylic acids is 1. The zero-order chi connectivity index (χ0) is 19.8. The predicted octanol–water partition coefficient (Wildman–Crippen LogP) is 3.68. The van der Waals surface area contributed by atoms with E-state index < -0.39 is 0 Å². The van der Waals surface area contributed by atoms with Crippen molar-refractivity contribution in [1.29, 1.82) is 0 Å². The van der Waals surface area contributed by atoms with E-state index in [2.05, 4.69) is 28.4 Å². The molecule has 0 unspecified atom stereocenters. The van der Waals surface area contributed by atoms with Gasteiger partial charge in [-0.15, -0.1) is 0 Å². The standard InChI is InChI=1S/C23H30N2O3/c1-18-10-11-21(22(14-18)27-2)28-17-23(26)24-15-19-8-4-5-9-20(19)16-25-12-6-3-7-13-25/h4-5,8-11,14H,3,6-7,12-13,15-17H2,1-2H3,(H,24,26). The van der Waals surface area contributed by atoms with E-state index in [9.17, 15) is 4.79 Å². The fraction of sp³-hybridized carbons (Fsp3) is 0.435. The Bertz CT molecular complexity index is 785. The Morgan fingerprint density at radius 3 is 2.54 bits per heavy atom. The number of ether oxygens (including phenoxy) is 2. The molecule has 1 aliphatic rings. The topological polar surface area (TPSA) is 50.8 Å². The molecule has 2 aromatic carbocycles. The molecular formula is C23H30N2O3. The van der Waals surface area contributed by atoms with Crippen molar-refractivity contribution in [1.82, 2.24) is 10.2 Å². The van der Waals surface area contributed by atoms with Gasteiger partial charge in [0, 0.05) is 13.1 Å². The number of aryl methyl sites for hydroxylation is 1. The Kier molecular flexibility index (Phi) is 7.31. The lowest BCUT2D eigenvalue weighted by Gasteiger charge is -2.27. The molecule has 0 radical (unpaired) electrons. The highest BCUT2D eigenvalue weighted by Crippen LogP contribution is 2.27. The van der Waals surface area contributed by atoms with Crippen LogP contribution in [0.5, 0.6) is 11.5 Å². The van der Waals surface area contributed by atoms with E-state index in [4.69, 9.17) is 9.47 Å². The van der Waals surface area contributed by atoms with E-state index >= 15 is 0 Å². The van der Waals surface area contributed by atoms with Crippen LogP contribution in [0.2, 0.25) is 0 Å². The van der Waals surface area contributed by atoms with Crippen LogP contribution < -0.4 is 14.8 Å².